The van der Waals surface area contributed by atoms with Crippen LogP contribution in [0.4, 0.5) is 5.69 Å². The van der Waals surface area contributed by atoms with E-state index in [2.05, 4.69) is 41.4 Å². The van der Waals surface area contributed by atoms with Crippen LogP contribution in [0, 0.1) is 0 Å². The molecule has 0 aliphatic heterocycles. The minimum Gasteiger partial charge on any atom is -0.338 e. The molecule has 3 rings (SSSR count). The number of hydrogen-bond acceptors (Lipinski definition) is 5. The van der Waals surface area contributed by atoms with Gasteiger partial charge in [-0.1, -0.05) is 79.5 Å². The van der Waals surface area contributed by atoms with E-state index in [0.717, 1.165) is 5.56 Å². The molecule has 0 bridgehead atoms. The number of hydrogen-bond donors (Lipinski definition) is 1. The normalized spacial score (nSPS) is 11.3. The van der Waals surface area contributed by atoms with Gasteiger partial charge in [0.2, 0.25) is 17.6 Å². The van der Waals surface area contributed by atoms with Crippen molar-refractivity contribution in [1.29, 1.82) is 0 Å². The molecule has 158 valence electrons. The van der Waals surface area contributed by atoms with Crippen molar-refractivity contribution in [2.24, 2.45) is 0 Å². The van der Waals surface area contributed by atoms with Crippen molar-refractivity contribution in [3.05, 3.63) is 64.0 Å². The summed E-state index contributed by atoms with van der Waals surface area (Å²) in [5.74, 6) is 1.22. The maximum atomic E-state index is 12.5. The van der Waals surface area contributed by atoms with Crippen molar-refractivity contribution in [1.82, 2.24) is 15.0 Å². The van der Waals surface area contributed by atoms with Crippen molar-refractivity contribution < 1.29 is 9.32 Å². The summed E-state index contributed by atoms with van der Waals surface area (Å²) in [6.45, 7) is 7.38. The molecule has 1 aromatic heterocycles. The molecule has 30 heavy (non-hydrogen) atoms. The highest BCUT2D eigenvalue weighted by Gasteiger charge is 2.16. The van der Waals surface area contributed by atoms with E-state index in [9.17, 15) is 4.79 Å². The molecule has 0 fully saturated rings. The summed E-state index contributed by atoms with van der Waals surface area (Å²) in [6, 6.07) is 13.2. The van der Waals surface area contributed by atoms with Gasteiger partial charge in [0, 0.05) is 5.56 Å². The molecular weight excluding hydrogens is 423 g/mol. The molecule has 6 nitrogen and oxygen atoms in total. The largest absolute Gasteiger partial charge is 0.338 e. The third-order valence-corrected chi connectivity index (χ3v) is 5.33. The standard InChI is InChI=1S/C22H24Cl2N4O2/c1-4-28(12-19(29)25-21-17(23)6-5-7-18(21)24)13-20-26-22(27-30-20)16-10-8-15(9-11-16)14(2)3/h5-11,14H,4,12-13H2,1-3H3,(H,25,29). The van der Waals surface area contributed by atoms with Crippen LogP contribution >= 0.6 is 23.2 Å². The van der Waals surface area contributed by atoms with Gasteiger partial charge in [-0.25, -0.2) is 0 Å². The minimum absolute atomic E-state index is 0.138. The Bertz CT molecular complexity index is 982. The van der Waals surface area contributed by atoms with E-state index >= 15 is 0 Å². The number of amides is 1. The Morgan fingerprint density at radius 2 is 1.80 bits per heavy atom. The van der Waals surface area contributed by atoms with Crippen molar-refractivity contribution >= 4 is 34.8 Å². The van der Waals surface area contributed by atoms with E-state index in [1.54, 1.807) is 18.2 Å². The molecule has 0 unspecified atom stereocenters. The lowest BCUT2D eigenvalue weighted by atomic mass is 10.0. The van der Waals surface area contributed by atoms with Gasteiger partial charge in [0.05, 0.1) is 28.8 Å². The fraction of sp³-hybridized carbons (Fsp3) is 0.318. The molecule has 0 aliphatic carbocycles. The summed E-state index contributed by atoms with van der Waals surface area (Å²) in [5, 5.41) is 7.62. The van der Waals surface area contributed by atoms with Crippen LogP contribution in [0.2, 0.25) is 10.0 Å². The lowest BCUT2D eigenvalue weighted by Crippen LogP contribution is -2.33. The Morgan fingerprint density at radius 3 is 2.40 bits per heavy atom. The van der Waals surface area contributed by atoms with Crippen molar-refractivity contribution in [3.8, 4) is 11.4 Å². The number of anilines is 1. The zero-order chi connectivity index (χ0) is 21.7. The quantitative estimate of drug-likeness (QED) is 0.485. The fourth-order valence-corrected chi connectivity index (χ4v) is 3.42. The van der Waals surface area contributed by atoms with E-state index < -0.39 is 0 Å². The Balaban J connectivity index is 1.62. The van der Waals surface area contributed by atoms with Crippen molar-refractivity contribution in [3.63, 3.8) is 0 Å². The van der Waals surface area contributed by atoms with E-state index in [1.165, 1.54) is 5.56 Å². The summed E-state index contributed by atoms with van der Waals surface area (Å²) in [4.78, 5) is 18.8. The lowest BCUT2D eigenvalue weighted by molar-refractivity contribution is -0.117. The second-order valence-corrected chi connectivity index (χ2v) is 8.05. The summed E-state index contributed by atoms with van der Waals surface area (Å²) in [5.41, 5.74) is 2.56. The highest BCUT2D eigenvalue weighted by Crippen LogP contribution is 2.29. The second kappa shape index (κ2) is 10.1. The third-order valence-electron chi connectivity index (χ3n) is 4.70. The molecule has 0 spiro atoms. The molecule has 0 saturated heterocycles. The van der Waals surface area contributed by atoms with E-state index in [0.29, 0.717) is 46.5 Å². The number of likely N-dealkylation sites (N-methyl/N-ethyl adjacent to an activating group) is 1. The lowest BCUT2D eigenvalue weighted by Gasteiger charge is -2.18. The van der Waals surface area contributed by atoms with Gasteiger partial charge >= 0.3 is 0 Å². The SMILES string of the molecule is CCN(CC(=O)Nc1c(Cl)cccc1Cl)Cc1nc(-c2ccc(C(C)C)cc2)no1. The average Bonchev–Trinajstić information content (AvgIpc) is 3.19. The number of aromatic nitrogens is 2. The van der Waals surface area contributed by atoms with E-state index in [1.807, 2.05) is 24.0 Å². The molecule has 1 heterocycles. The Kier molecular flexibility index (Phi) is 7.48. The Hall–Kier alpha value is -2.41. The zero-order valence-corrected chi connectivity index (χ0v) is 18.7. The molecule has 0 aliphatic rings. The maximum Gasteiger partial charge on any atom is 0.241 e. The number of carbonyl (C=O) groups excluding carboxylic acids is 1. The van der Waals surface area contributed by atoms with Crippen LogP contribution in [0.25, 0.3) is 11.4 Å². The smallest absolute Gasteiger partial charge is 0.241 e. The summed E-state index contributed by atoms with van der Waals surface area (Å²) in [6.07, 6.45) is 0. The van der Waals surface area contributed by atoms with Gasteiger partial charge in [0.15, 0.2) is 0 Å². The number of rotatable bonds is 8. The van der Waals surface area contributed by atoms with Crippen LogP contribution in [-0.2, 0) is 11.3 Å². The first-order chi connectivity index (χ1) is 14.4. The minimum atomic E-state index is -0.226. The first-order valence-electron chi connectivity index (χ1n) is 9.76. The van der Waals surface area contributed by atoms with Crippen LogP contribution < -0.4 is 5.32 Å². The number of halogens is 2. The first kappa shape index (κ1) is 22.3. The Labute approximate surface area is 186 Å². The van der Waals surface area contributed by atoms with Gasteiger partial charge in [0.25, 0.3) is 0 Å². The number of para-hydroxylation sites is 1. The summed E-state index contributed by atoms with van der Waals surface area (Å²) in [7, 11) is 0. The molecular formula is C22H24Cl2N4O2. The topological polar surface area (TPSA) is 71.3 Å². The number of nitrogens with zero attached hydrogens (tertiary/aromatic N) is 3. The van der Waals surface area contributed by atoms with Gasteiger partial charge in [-0.15, -0.1) is 0 Å². The molecule has 3 aromatic rings. The molecule has 2 aromatic carbocycles. The Morgan fingerprint density at radius 1 is 1.13 bits per heavy atom. The van der Waals surface area contributed by atoms with Crippen LogP contribution in [-0.4, -0.2) is 34.0 Å². The average molecular weight is 447 g/mol. The first-order valence-corrected chi connectivity index (χ1v) is 10.5. The molecule has 1 amide bonds. The molecule has 0 saturated carbocycles. The van der Waals surface area contributed by atoms with E-state index in [4.69, 9.17) is 27.7 Å². The maximum absolute atomic E-state index is 12.5. The van der Waals surface area contributed by atoms with Gasteiger partial charge in [-0.3, -0.25) is 9.69 Å². The summed E-state index contributed by atoms with van der Waals surface area (Å²) < 4.78 is 5.39. The van der Waals surface area contributed by atoms with Crippen LogP contribution in [0.5, 0.6) is 0 Å². The highest BCUT2D eigenvalue weighted by atomic mass is 35.5. The predicted octanol–water partition coefficient (Wildman–Crippen LogP) is 5.63. The van der Waals surface area contributed by atoms with Crippen molar-refractivity contribution in [2.45, 2.75) is 33.2 Å². The van der Waals surface area contributed by atoms with Crippen LogP contribution in [0.1, 0.15) is 38.1 Å². The number of carbonyl (C=O) groups is 1. The van der Waals surface area contributed by atoms with Crippen molar-refractivity contribution in [2.75, 3.05) is 18.4 Å². The third kappa shape index (κ3) is 5.59. The summed E-state index contributed by atoms with van der Waals surface area (Å²) >= 11 is 12.2. The second-order valence-electron chi connectivity index (χ2n) is 7.24. The monoisotopic (exact) mass is 446 g/mol. The van der Waals surface area contributed by atoms with Crippen LogP contribution in [0.15, 0.2) is 47.0 Å². The zero-order valence-electron chi connectivity index (χ0n) is 17.2. The van der Waals surface area contributed by atoms with Gasteiger partial charge < -0.3 is 9.84 Å². The van der Waals surface area contributed by atoms with E-state index in [-0.39, 0.29) is 12.5 Å². The molecule has 0 atom stereocenters. The van der Waals surface area contributed by atoms with Gasteiger partial charge in [-0.2, -0.15) is 4.98 Å². The molecule has 0 radical (unpaired) electrons. The number of benzene rings is 2. The van der Waals surface area contributed by atoms with Gasteiger partial charge in [0.1, 0.15) is 0 Å². The number of nitrogens with one attached hydrogen (secondary N) is 1. The van der Waals surface area contributed by atoms with Crippen LogP contribution in [0.3, 0.4) is 0 Å². The molecule has 8 heteroatoms. The highest BCUT2D eigenvalue weighted by molar-refractivity contribution is 6.39. The van der Waals surface area contributed by atoms with Gasteiger partial charge in [-0.05, 0) is 30.2 Å². The fourth-order valence-electron chi connectivity index (χ4n) is 2.92. The molecule has 1 N–H and O–H groups in total. The predicted molar refractivity (Wildman–Crippen MR) is 120 cm³/mol.